The largest absolute Gasteiger partial charge is 0.341 e. The second-order valence-electron chi connectivity index (χ2n) is 3.12. The first kappa shape index (κ1) is 26.7. The summed E-state index contributed by atoms with van der Waals surface area (Å²) >= 11 is 0. The van der Waals surface area contributed by atoms with E-state index in [0.29, 0.717) is 15.7 Å². The summed E-state index contributed by atoms with van der Waals surface area (Å²) in [5.41, 5.74) is 1.68. The SMILES string of the molecule is C[Si]CNC(=O)n1cnc2ccccc21.[Y].[Y].[Y].[Y]. The third kappa shape index (κ3) is 7.74. The van der Waals surface area contributed by atoms with Gasteiger partial charge in [-0.25, -0.2) is 9.78 Å². The van der Waals surface area contributed by atoms with Gasteiger partial charge < -0.3 is 5.32 Å². The minimum Gasteiger partial charge on any atom is -0.341 e. The van der Waals surface area contributed by atoms with Crippen molar-refractivity contribution in [3.63, 3.8) is 0 Å². The zero-order valence-electron chi connectivity index (χ0n) is 10.7. The monoisotopic (exact) mass is 573 g/mol. The van der Waals surface area contributed by atoms with Gasteiger partial charge in [-0.15, -0.1) is 0 Å². The fourth-order valence-corrected chi connectivity index (χ4v) is 1.70. The van der Waals surface area contributed by atoms with Crippen molar-refractivity contribution < 1.29 is 136 Å². The molecule has 1 N–H and O–H groups in total. The quantitative estimate of drug-likeness (QED) is 0.552. The number of imidazole rings is 1. The van der Waals surface area contributed by atoms with Crippen molar-refractivity contribution in [2.24, 2.45) is 0 Å². The predicted octanol–water partition coefficient (Wildman–Crippen LogP) is 1.29. The molecule has 1 heterocycles. The number of aromatic nitrogens is 2. The number of carbonyl (C=O) groups is 1. The van der Waals surface area contributed by atoms with E-state index in [4.69, 9.17) is 0 Å². The summed E-state index contributed by atoms with van der Waals surface area (Å²) in [6.45, 7) is 2.05. The molecule has 1 aromatic heterocycles. The molecular formula is C10H11N3OSiY4. The Balaban J connectivity index is -0.000000640. The van der Waals surface area contributed by atoms with Crippen LogP contribution in [0.15, 0.2) is 30.6 Å². The number of carbonyl (C=O) groups excluding carboxylic acids is 1. The van der Waals surface area contributed by atoms with Gasteiger partial charge in [0.1, 0.15) is 6.33 Å². The van der Waals surface area contributed by atoms with Crippen molar-refractivity contribution in [1.29, 1.82) is 0 Å². The Morgan fingerprint density at radius 1 is 1.26 bits per heavy atom. The number of para-hydroxylation sites is 2. The molecule has 0 fully saturated rings. The number of hydrogen-bond donors (Lipinski definition) is 1. The minimum absolute atomic E-state index is 0. The topological polar surface area (TPSA) is 46.9 Å². The van der Waals surface area contributed by atoms with Crippen molar-refractivity contribution >= 4 is 26.6 Å². The average molecular weight is 573 g/mol. The number of amides is 1. The molecule has 6 radical (unpaired) electrons. The van der Waals surface area contributed by atoms with E-state index in [1.54, 1.807) is 6.33 Å². The molecular weight excluding hydrogens is 562 g/mol. The molecule has 1 aromatic carbocycles. The predicted molar refractivity (Wildman–Crippen MR) is 60.1 cm³/mol. The number of benzene rings is 1. The fraction of sp³-hybridized carbons (Fsp3) is 0.200. The molecule has 0 atom stereocenters. The molecule has 0 spiro atoms. The van der Waals surface area contributed by atoms with E-state index in [9.17, 15) is 4.79 Å². The maximum Gasteiger partial charge on any atom is 0.327 e. The first-order valence-electron chi connectivity index (χ1n) is 4.68. The van der Waals surface area contributed by atoms with Crippen molar-refractivity contribution in [3.05, 3.63) is 30.6 Å². The third-order valence-electron chi connectivity index (χ3n) is 2.09. The number of fused-ring (bicyclic) bond motifs is 1. The van der Waals surface area contributed by atoms with E-state index in [1.165, 1.54) is 4.57 Å². The molecule has 0 aliphatic heterocycles. The van der Waals surface area contributed by atoms with Crippen molar-refractivity contribution in [2.75, 3.05) is 6.17 Å². The van der Waals surface area contributed by atoms with Crippen LogP contribution in [0.2, 0.25) is 6.55 Å². The molecule has 88 valence electrons. The van der Waals surface area contributed by atoms with Crippen LogP contribution in [0, 0.1) is 0 Å². The maximum atomic E-state index is 11.7. The first-order chi connectivity index (χ1) is 7.33. The van der Waals surface area contributed by atoms with E-state index < -0.39 is 0 Å². The first-order valence-corrected chi connectivity index (χ1v) is 6.38. The summed E-state index contributed by atoms with van der Waals surface area (Å²) in [4.78, 5) is 15.8. The Labute approximate surface area is 216 Å². The fourth-order valence-electron chi connectivity index (χ4n) is 1.37. The van der Waals surface area contributed by atoms with E-state index in [2.05, 4.69) is 10.3 Å². The van der Waals surface area contributed by atoms with Crippen LogP contribution in [0.1, 0.15) is 0 Å². The van der Waals surface area contributed by atoms with Gasteiger partial charge in [0.2, 0.25) is 0 Å². The van der Waals surface area contributed by atoms with Crippen LogP contribution < -0.4 is 5.32 Å². The number of hydrogen-bond acceptors (Lipinski definition) is 2. The van der Waals surface area contributed by atoms with Crippen LogP contribution in [0.25, 0.3) is 11.0 Å². The Hall–Kier alpha value is 2.79. The standard InChI is InChI=1S/C10H11N3OSi.4Y/c1-15-7-12-10(14)13-6-11-8-4-2-3-5-9(8)13;;;;/h2-6H,7H2,1H3,(H,12,14);;;;. The molecule has 0 saturated heterocycles. The van der Waals surface area contributed by atoms with Crippen LogP contribution in [-0.2, 0) is 131 Å². The van der Waals surface area contributed by atoms with Crippen LogP contribution in [0.5, 0.6) is 0 Å². The summed E-state index contributed by atoms with van der Waals surface area (Å²) in [5, 5.41) is 2.82. The maximum absolute atomic E-state index is 11.7. The second-order valence-corrected chi connectivity index (χ2v) is 4.18. The Morgan fingerprint density at radius 2 is 1.89 bits per heavy atom. The second kappa shape index (κ2) is 14.4. The normalized spacial score (nSPS) is 8.26. The molecule has 4 nitrogen and oxygen atoms in total. The van der Waals surface area contributed by atoms with E-state index in [1.807, 2.05) is 30.8 Å². The molecule has 1 amide bonds. The van der Waals surface area contributed by atoms with Gasteiger partial charge in [-0.1, -0.05) is 18.7 Å². The molecule has 9 heteroatoms. The van der Waals surface area contributed by atoms with Crippen LogP contribution >= 0.6 is 0 Å². The van der Waals surface area contributed by atoms with Crippen molar-refractivity contribution in [2.45, 2.75) is 6.55 Å². The molecule has 0 saturated carbocycles. The minimum atomic E-state index is -0.113. The van der Waals surface area contributed by atoms with Gasteiger partial charge in [-0.2, -0.15) is 0 Å². The molecule has 2 aromatic rings. The smallest absolute Gasteiger partial charge is 0.327 e. The number of nitrogens with one attached hydrogen (secondary N) is 1. The van der Waals surface area contributed by atoms with Gasteiger partial charge in [0.25, 0.3) is 0 Å². The molecule has 0 aliphatic carbocycles. The molecule has 0 bridgehead atoms. The molecule has 19 heavy (non-hydrogen) atoms. The summed E-state index contributed by atoms with van der Waals surface area (Å²) < 4.78 is 1.54. The zero-order valence-corrected chi connectivity index (χ0v) is 23.1. The third-order valence-corrected chi connectivity index (χ3v) is 2.62. The Bertz CT molecular complexity index is 494. The van der Waals surface area contributed by atoms with Crippen LogP contribution in [0.4, 0.5) is 4.79 Å². The Kier molecular flexibility index (Phi) is 20.2. The number of nitrogens with zero attached hydrogens (tertiary/aromatic N) is 2. The van der Waals surface area contributed by atoms with Crippen LogP contribution in [-0.4, -0.2) is 31.3 Å². The number of rotatable bonds is 2. The molecule has 0 aliphatic rings. The molecule has 2 rings (SSSR count). The zero-order chi connectivity index (χ0) is 10.7. The summed E-state index contributed by atoms with van der Waals surface area (Å²) in [6.07, 6.45) is 2.27. The van der Waals surface area contributed by atoms with E-state index in [0.717, 1.165) is 11.0 Å². The van der Waals surface area contributed by atoms with Gasteiger partial charge in [-0.05, 0) is 12.1 Å². The molecule has 0 unspecified atom stereocenters. The van der Waals surface area contributed by atoms with Crippen molar-refractivity contribution in [3.8, 4) is 0 Å². The van der Waals surface area contributed by atoms with Gasteiger partial charge in [0.05, 0.1) is 20.6 Å². The summed E-state index contributed by atoms with van der Waals surface area (Å²) in [7, 11) is 0.716. The van der Waals surface area contributed by atoms with Crippen LogP contribution in [0.3, 0.4) is 0 Å². The summed E-state index contributed by atoms with van der Waals surface area (Å²) in [5.74, 6) is 0. The van der Waals surface area contributed by atoms with Crippen molar-refractivity contribution in [1.82, 2.24) is 14.9 Å². The average Bonchev–Trinajstić information content (AvgIpc) is 2.69. The van der Waals surface area contributed by atoms with Gasteiger partial charge in [0, 0.05) is 137 Å². The van der Waals surface area contributed by atoms with Gasteiger partial charge in [-0.3, -0.25) is 4.57 Å². The van der Waals surface area contributed by atoms with E-state index >= 15 is 0 Å². The van der Waals surface area contributed by atoms with Gasteiger partial charge in [0.15, 0.2) is 0 Å². The van der Waals surface area contributed by atoms with E-state index in [-0.39, 0.29) is 137 Å². The van der Waals surface area contributed by atoms with Gasteiger partial charge >= 0.3 is 6.03 Å². The Morgan fingerprint density at radius 3 is 2.53 bits per heavy atom. The summed E-state index contributed by atoms with van der Waals surface area (Å²) in [6, 6.07) is 7.47.